The molecule has 2 fully saturated rings. The molecule has 2 heterocycles. The van der Waals surface area contributed by atoms with Crippen molar-refractivity contribution >= 4 is 0 Å². The van der Waals surface area contributed by atoms with Crippen LogP contribution in [0.25, 0.3) is 0 Å². The highest BCUT2D eigenvalue weighted by atomic mass is 16.5. The summed E-state index contributed by atoms with van der Waals surface area (Å²) < 4.78 is 11.4. The van der Waals surface area contributed by atoms with Gasteiger partial charge in [0.15, 0.2) is 0 Å². The fourth-order valence-corrected chi connectivity index (χ4v) is 3.81. The lowest BCUT2D eigenvalue weighted by atomic mass is 9.78. The summed E-state index contributed by atoms with van der Waals surface area (Å²) in [6, 6.07) is 0. The number of rotatable bonds is 7. The van der Waals surface area contributed by atoms with Crippen molar-refractivity contribution in [2.75, 3.05) is 53.0 Å². The minimum absolute atomic E-state index is 0.0431. The summed E-state index contributed by atoms with van der Waals surface area (Å²) in [5.74, 6) is 0. The van der Waals surface area contributed by atoms with Crippen LogP contribution in [0.4, 0.5) is 0 Å². The molecule has 0 saturated carbocycles. The molecule has 124 valence electrons. The highest BCUT2D eigenvalue weighted by Crippen LogP contribution is 2.33. The first-order chi connectivity index (χ1) is 10.1. The van der Waals surface area contributed by atoms with E-state index in [2.05, 4.69) is 24.1 Å². The van der Waals surface area contributed by atoms with Crippen molar-refractivity contribution in [1.29, 1.82) is 0 Å². The van der Waals surface area contributed by atoms with E-state index >= 15 is 0 Å². The highest BCUT2D eigenvalue weighted by Gasteiger charge is 2.38. The lowest BCUT2D eigenvalue weighted by Crippen LogP contribution is -2.53. The van der Waals surface area contributed by atoms with Crippen LogP contribution in [0.5, 0.6) is 0 Å². The first-order valence-corrected chi connectivity index (χ1v) is 8.67. The molecule has 1 N–H and O–H groups in total. The van der Waals surface area contributed by atoms with Crippen LogP contribution in [0.2, 0.25) is 0 Å². The van der Waals surface area contributed by atoms with E-state index in [0.717, 1.165) is 32.8 Å². The quantitative estimate of drug-likeness (QED) is 0.731. The fourth-order valence-electron chi connectivity index (χ4n) is 3.81. The van der Waals surface area contributed by atoms with Crippen LogP contribution in [-0.4, -0.2) is 63.5 Å². The van der Waals surface area contributed by atoms with Gasteiger partial charge in [0.2, 0.25) is 0 Å². The van der Waals surface area contributed by atoms with Gasteiger partial charge in [-0.05, 0) is 57.5 Å². The Balaban J connectivity index is 1.94. The maximum absolute atomic E-state index is 5.75. The van der Waals surface area contributed by atoms with Gasteiger partial charge >= 0.3 is 0 Å². The van der Waals surface area contributed by atoms with Gasteiger partial charge in [0, 0.05) is 40.0 Å². The first-order valence-electron chi connectivity index (χ1n) is 8.67. The number of hydrogen-bond donors (Lipinski definition) is 1. The minimum atomic E-state index is 0.0431. The molecule has 0 aromatic heterocycles. The first kappa shape index (κ1) is 17.2. The smallest absolute Gasteiger partial charge is 0.0777 e. The van der Waals surface area contributed by atoms with Crippen molar-refractivity contribution in [3.63, 3.8) is 0 Å². The molecular formula is C17H34N2O2. The standard InChI is InChI=1S/C17H34N2O2/c1-4-9-18-13-17(7-11-21-12-8-17)15-19-10-5-6-16(2,14-19)20-3/h18H,4-15H2,1-3H3. The molecule has 0 aromatic rings. The summed E-state index contributed by atoms with van der Waals surface area (Å²) in [6.07, 6.45) is 6.01. The SMILES string of the molecule is CCCNCC1(CN2CCCC(C)(OC)C2)CCOCC1. The van der Waals surface area contributed by atoms with Gasteiger partial charge in [-0.15, -0.1) is 0 Å². The van der Waals surface area contributed by atoms with E-state index in [-0.39, 0.29) is 5.60 Å². The van der Waals surface area contributed by atoms with Crippen LogP contribution in [-0.2, 0) is 9.47 Å². The molecule has 0 bridgehead atoms. The molecule has 0 amide bonds. The second-order valence-electron chi connectivity index (χ2n) is 7.26. The summed E-state index contributed by atoms with van der Waals surface area (Å²) in [5.41, 5.74) is 0.431. The van der Waals surface area contributed by atoms with Gasteiger partial charge in [-0.1, -0.05) is 6.92 Å². The van der Waals surface area contributed by atoms with E-state index in [0.29, 0.717) is 5.41 Å². The van der Waals surface area contributed by atoms with Gasteiger partial charge < -0.3 is 14.8 Å². The Kier molecular flexibility index (Phi) is 6.48. The minimum Gasteiger partial charge on any atom is -0.381 e. The molecule has 0 radical (unpaired) electrons. The van der Waals surface area contributed by atoms with Gasteiger partial charge in [-0.3, -0.25) is 4.90 Å². The fraction of sp³-hybridized carbons (Fsp3) is 1.00. The summed E-state index contributed by atoms with van der Waals surface area (Å²) in [5, 5.41) is 3.66. The Bertz CT molecular complexity index is 305. The van der Waals surface area contributed by atoms with Crippen molar-refractivity contribution in [1.82, 2.24) is 10.2 Å². The number of nitrogens with one attached hydrogen (secondary N) is 1. The summed E-state index contributed by atoms with van der Waals surface area (Å²) in [4.78, 5) is 2.63. The zero-order chi connectivity index (χ0) is 15.2. The third-order valence-electron chi connectivity index (χ3n) is 5.27. The number of nitrogens with zero attached hydrogens (tertiary/aromatic N) is 1. The molecule has 2 saturated heterocycles. The van der Waals surface area contributed by atoms with Crippen molar-refractivity contribution in [2.24, 2.45) is 5.41 Å². The topological polar surface area (TPSA) is 33.7 Å². The number of likely N-dealkylation sites (tertiary alicyclic amines) is 1. The van der Waals surface area contributed by atoms with E-state index in [1.54, 1.807) is 0 Å². The largest absolute Gasteiger partial charge is 0.381 e. The Morgan fingerprint density at radius 2 is 2.00 bits per heavy atom. The van der Waals surface area contributed by atoms with Gasteiger partial charge in [-0.2, -0.15) is 0 Å². The lowest BCUT2D eigenvalue weighted by molar-refractivity contribution is -0.0705. The maximum atomic E-state index is 5.75. The van der Waals surface area contributed by atoms with E-state index in [1.165, 1.54) is 45.2 Å². The van der Waals surface area contributed by atoms with Crippen LogP contribution in [0.15, 0.2) is 0 Å². The van der Waals surface area contributed by atoms with Crippen molar-refractivity contribution < 1.29 is 9.47 Å². The Morgan fingerprint density at radius 1 is 1.24 bits per heavy atom. The van der Waals surface area contributed by atoms with Crippen molar-refractivity contribution in [3.05, 3.63) is 0 Å². The van der Waals surface area contributed by atoms with Crippen LogP contribution in [0.3, 0.4) is 0 Å². The van der Waals surface area contributed by atoms with E-state index < -0.39 is 0 Å². The molecule has 4 nitrogen and oxygen atoms in total. The molecule has 1 unspecified atom stereocenters. The number of hydrogen-bond acceptors (Lipinski definition) is 4. The second kappa shape index (κ2) is 7.91. The Hall–Kier alpha value is -0.160. The van der Waals surface area contributed by atoms with Crippen molar-refractivity contribution in [2.45, 2.75) is 51.6 Å². The van der Waals surface area contributed by atoms with E-state index in [1.807, 2.05) is 7.11 Å². The highest BCUT2D eigenvalue weighted by molar-refractivity contribution is 4.91. The molecule has 4 heteroatoms. The molecule has 2 aliphatic rings. The van der Waals surface area contributed by atoms with Crippen molar-refractivity contribution in [3.8, 4) is 0 Å². The normalized spacial score (nSPS) is 30.4. The third kappa shape index (κ3) is 4.92. The zero-order valence-corrected chi connectivity index (χ0v) is 14.2. The summed E-state index contributed by atoms with van der Waals surface area (Å²) in [7, 11) is 1.86. The molecule has 0 aromatic carbocycles. The van der Waals surface area contributed by atoms with E-state index in [9.17, 15) is 0 Å². The molecule has 2 aliphatic heterocycles. The molecule has 21 heavy (non-hydrogen) atoms. The predicted octanol–water partition coefficient (Wildman–Crippen LogP) is 2.28. The van der Waals surface area contributed by atoms with Gasteiger partial charge in [0.25, 0.3) is 0 Å². The zero-order valence-electron chi connectivity index (χ0n) is 14.2. The maximum Gasteiger partial charge on any atom is 0.0777 e. The van der Waals surface area contributed by atoms with Crippen LogP contribution >= 0.6 is 0 Å². The number of ether oxygens (including phenoxy) is 2. The van der Waals surface area contributed by atoms with Gasteiger partial charge in [0.05, 0.1) is 5.60 Å². The molecule has 0 spiro atoms. The Morgan fingerprint density at radius 3 is 2.67 bits per heavy atom. The Labute approximate surface area is 130 Å². The average molecular weight is 298 g/mol. The predicted molar refractivity (Wildman–Crippen MR) is 86.7 cm³/mol. The molecule has 0 aliphatic carbocycles. The number of methoxy groups -OCH3 is 1. The van der Waals surface area contributed by atoms with Gasteiger partial charge in [0.1, 0.15) is 0 Å². The van der Waals surface area contributed by atoms with Crippen LogP contribution in [0.1, 0.15) is 46.0 Å². The van der Waals surface area contributed by atoms with Gasteiger partial charge in [-0.25, -0.2) is 0 Å². The number of piperidine rings is 1. The van der Waals surface area contributed by atoms with Crippen LogP contribution < -0.4 is 5.32 Å². The van der Waals surface area contributed by atoms with Crippen LogP contribution in [0, 0.1) is 5.41 Å². The average Bonchev–Trinajstić information content (AvgIpc) is 2.48. The summed E-state index contributed by atoms with van der Waals surface area (Å²) in [6.45, 7) is 12.1. The summed E-state index contributed by atoms with van der Waals surface area (Å²) >= 11 is 0. The molecule has 2 rings (SSSR count). The molecular weight excluding hydrogens is 264 g/mol. The second-order valence-corrected chi connectivity index (χ2v) is 7.26. The lowest BCUT2D eigenvalue weighted by Gasteiger charge is -2.46. The van der Waals surface area contributed by atoms with E-state index in [4.69, 9.17) is 9.47 Å². The monoisotopic (exact) mass is 298 g/mol. The third-order valence-corrected chi connectivity index (χ3v) is 5.27. The molecule has 1 atom stereocenters.